The zero-order chi connectivity index (χ0) is 24.5. The first kappa shape index (κ1) is 25.5. The molecule has 0 bridgehead atoms. The zero-order valence-electron chi connectivity index (χ0n) is 20.0. The van der Waals surface area contributed by atoms with E-state index < -0.39 is 0 Å². The van der Waals surface area contributed by atoms with Crippen LogP contribution in [0.5, 0.6) is 0 Å². The minimum atomic E-state index is 0.544. The Hall–Kier alpha value is -2.64. The highest BCUT2D eigenvalue weighted by Gasteiger charge is 2.09. The number of nitrogens with zero attached hydrogens (tertiary/aromatic N) is 2. The van der Waals surface area contributed by atoms with E-state index in [4.69, 9.17) is 23.2 Å². The summed E-state index contributed by atoms with van der Waals surface area (Å²) in [6.45, 7) is 5.97. The fourth-order valence-electron chi connectivity index (χ4n) is 4.08. The quantitative estimate of drug-likeness (QED) is 0.251. The second kappa shape index (κ2) is 12.9. The Morgan fingerprint density at radius 3 is 1.37 bits per heavy atom. The average molecular weight is 512 g/mol. The van der Waals surface area contributed by atoms with Gasteiger partial charge in [-0.2, -0.15) is 0 Å². The monoisotopic (exact) mass is 510 g/mol. The smallest absolute Gasteiger partial charge is 0.134 e. The molecular formula is C27H32Cl2N6. The molecule has 0 unspecified atom stereocenters. The minimum absolute atomic E-state index is 0.544. The van der Waals surface area contributed by atoms with Crippen LogP contribution in [-0.4, -0.2) is 45.6 Å². The Bertz CT molecular complexity index is 1070. The van der Waals surface area contributed by atoms with Crippen LogP contribution in [0.4, 0.5) is 0 Å². The van der Waals surface area contributed by atoms with E-state index in [1.54, 1.807) is 12.7 Å². The van der Waals surface area contributed by atoms with Crippen LogP contribution in [-0.2, 0) is 0 Å². The van der Waals surface area contributed by atoms with Gasteiger partial charge >= 0.3 is 0 Å². The molecule has 4 N–H and O–H groups in total. The second-order valence-electron chi connectivity index (χ2n) is 8.74. The first-order chi connectivity index (χ1) is 17.1. The molecule has 0 radical (unpaired) electrons. The molecule has 2 aliphatic heterocycles. The van der Waals surface area contributed by atoms with Crippen molar-refractivity contribution in [2.75, 3.05) is 19.6 Å². The summed E-state index contributed by atoms with van der Waals surface area (Å²) < 4.78 is 0. The van der Waals surface area contributed by atoms with E-state index in [9.17, 15) is 0 Å². The van der Waals surface area contributed by atoms with Crippen molar-refractivity contribution in [3.8, 4) is 33.6 Å². The molecule has 4 heterocycles. The predicted molar refractivity (Wildman–Crippen MR) is 146 cm³/mol. The number of benzene rings is 2. The number of hydrogen-bond acceptors (Lipinski definition) is 4. The first-order valence-corrected chi connectivity index (χ1v) is 12.9. The van der Waals surface area contributed by atoms with E-state index in [2.05, 4.69) is 61.8 Å². The molecule has 184 valence electrons. The van der Waals surface area contributed by atoms with Crippen LogP contribution < -0.4 is 10.6 Å². The van der Waals surface area contributed by atoms with Crippen LogP contribution in [0, 0.1) is 0 Å². The molecule has 0 saturated carbocycles. The molecule has 0 spiro atoms. The van der Waals surface area contributed by atoms with Crippen LogP contribution in [0.15, 0.2) is 61.2 Å². The lowest BCUT2D eigenvalue weighted by Gasteiger charge is -2.05. The van der Waals surface area contributed by atoms with Crippen molar-refractivity contribution in [3.63, 3.8) is 0 Å². The van der Waals surface area contributed by atoms with Gasteiger partial charge in [0.1, 0.15) is 21.7 Å². The van der Waals surface area contributed by atoms with Gasteiger partial charge in [-0.15, -0.1) is 0 Å². The molecule has 1 atom stereocenters. The van der Waals surface area contributed by atoms with E-state index in [0.29, 0.717) is 10.3 Å². The zero-order valence-corrected chi connectivity index (χ0v) is 21.5. The van der Waals surface area contributed by atoms with Crippen molar-refractivity contribution >= 4 is 23.2 Å². The van der Waals surface area contributed by atoms with Crippen molar-refractivity contribution in [3.05, 3.63) is 71.5 Å². The maximum absolute atomic E-state index is 6.07. The number of halogens is 2. The van der Waals surface area contributed by atoms with Crippen molar-refractivity contribution < 1.29 is 0 Å². The molecule has 2 fully saturated rings. The van der Waals surface area contributed by atoms with Crippen LogP contribution in [0.1, 0.15) is 32.6 Å². The number of aromatic amines is 2. The number of nitrogens with one attached hydrogen (secondary N) is 4. The molecule has 6 rings (SSSR count). The summed E-state index contributed by atoms with van der Waals surface area (Å²) in [5, 5.41) is 7.63. The van der Waals surface area contributed by atoms with Gasteiger partial charge in [0.2, 0.25) is 0 Å². The normalized spacial score (nSPS) is 16.8. The lowest BCUT2D eigenvalue weighted by Crippen LogP contribution is -2.16. The maximum Gasteiger partial charge on any atom is 0.134 e. The maximum atomic E-state index is 6.07. The molecule has 2 aromatic carbocycles. The van der Waals surface area contributed by atoms with Gasteiger partial charge in [-0.25, -0.2) is 9.97 Å². The Kier molecular flexibility index (Phi) is 9.37. The van der Waals surface area contributed by atoms with Gasteiger partial charge in [-0.3, -0.25) is 0 Å². The number of imidazole rings is 2. The molecule has 35 heavy (non-hydrogen) atoms. The van der Waals surface area contributed by atoms with Crippen LogP contribution in [0.2, 0.25) is 10.3 Å². The number of aromatic nitrogens is 4. The third kappa shape index (κ3) is 7.18. The predicted octanol–water partition coefficient (Wildman–Crippen LogP) is 6.57. The van der Waals surface area contributed by atoms with Crippen LogP contribution in [0.3, 0.4) is 0 Å². The van der Waals surface area contributed by atoms with E-state index >= 15 is 0 Å². The number of hydrogen-bond donors (Lipinski definition) is 4. The summed E-state index contributed by atoms with van der Waals surface area (Å²) in [5.74, 6) is 0. The Morgan fingerprint density at radius 2 is 1.11 bits per heavy atom. The van der Waals surface area contributed by atoms with Crippen molar-refractivity contribution in [1.29, 1.82) is 0 Å². The van der Waals surface area contributed by atoms with Crippen molar-refractivity contribution in [2.45, 2.75) is 38.6 Å². The summed E-state index contributed by atoms with van der Waals surface area (Å²) in [4.78, 5) is 14.2. The number of H-pyrrole nitrogens is 2. The molecule has 2 aliphatic rings. The van der Waals surface area contributed by atoms with Crippen molar-refractivity contribution in [2.24, 2.45) is 0 Å². The second-order valence-corrected chi connectivity index (χ2v) is 9.50. The van der Waals surface area contributed by atoms with Crippen LogP contribution in [0.25, 0.3) is 33.6 Å². The van der Waals surface area contributed by atoms with E-state index in [-0.39, 0.29) is 0 Å². The molecule has 2 aromatic heterocycles. The topological polar surface area (TPSA) is 81.4 Å². The summed E-state index contributed by atoms with van der Waals surface area (Å²) in [7, 11) is 0. The molecule has 4 aromatic rings. The van der Waals surface area contributed by atoms with Crippen LogP contribution >= 0.6 is 23.2 Å². The highest BCUT2D eigenvalue weighted by atomic mass is 35.5. The van der Waals surface area contributed by atoms with Gasteiger partial charge in [-0.1, -0.05) is 71.7 Å². The van der Waals surface area contributed by atoms with E-state index in [1.165, 1.54) is 45.3 Å². The summed E-state index contributed by atoms with van der Waals surface area (Å²) in [5.41, 5.74) is 5.70. The highest BCUT2D eigenvalue weighted by molar-refractivity contribution is 6.32. The lowest BCUT2D eigenvalue weighted by molar-refractivity contribution is 0.664. The SMILES string of the molecule is C1CCNC1.C[C@H]1CCCN1.Clc1[nH]cnc1-c1ccc(-c2ccc(-c3nc[nH]c3Cl)cc2)cc1. The molecular weight excluding hydrogens is 479 g/mol. The van der Waals surface area contributed by atoms with E-state index in [1.807, 2.05) is 24.3 Å². The number of rotatable bonds is 3. The van der Waals surface area contributed by atoms with Gasteiger partial charge < -0.3 is 20.6 Å². The third-order valence-electron chi connectivity index (χ3n) is 6.10. The third-order valence-corrected chi connectivity index (χ3v) is 6.68. The highest BCUT2D eigenvalue weighted by Crippen LogP contribution is 2.29. The van der Waals surface area contributed by atoms with Gasteiger partial charge in [0.25, 0.3) is 0 Å². The fourth-order valence-corrected chi connectivity index (χ4v) is 4.50. The minimum Gasteiger partial charge on any atom is -0.335 e. The first-order valence-electron chi connectivity index (χ1n) is 12.1. The summed E-state index contributed by atoms with van der Waals surface area (Å²) >= 11 is 12.1. The average Bonchev–Trinajstić information content (AvgIpc) is 3.70. The molecule has 8 heteroatoms. The van der Waals surface area contributed by atoms with E-state index in [0.717, 1.165) is 39.7 Å². The van der Waals surface area contributed by atoms with Gasteiger partial charge in [0.05, 0.1) is 12.7 Å². The van der Waals surface area contributed by atoms with Crippen molar-refractivity contribution in [1.82, 2.24) is 30.6 Å². The molecule has 0 aliphatic carbocycles. The standard InChI is InChI=1S/C18H12Cl2N4.C5H11N.C4H9N/c19-17-15(21-9-23-17)13-5-1-11(2-6-13)12-3-7-14(8-4-12)16-18(20)24-10-22-16;1-5-3-2-4-6-5;1-2-4-5-3-1/h1-10H,(H,21,23)(H,22,24);5-6H,2-4H2,1H3;5H,1-4H2/t;5-;/m.0./s1. The van der Waals surface area contributed by atoms with Gasteiger partial charge in [0.15, 0.2) is 0 Å². The van der Waals surface area contributed by atoms with Gasteiger partial charge in [-0.05, 0) is 63.4 Å². The lowest BCUT2D eigenvalue weighted by atomic mass is 10.0. The van der Waals surface area contributed by atoms with Gasteiger partial charge in [0, 0.05) is 17.2 Å². The Balaban J connectivity index is 0.000000215. The molecule has 6 nitrogen and oxygen atoms in total. The Morgan fingerprint density at radius 1 is 0.657 bits per heavy atom. The summed E-state index contributed by atoms with van der Waals surface area (Å²) in [6, 6.07) is 17.0. The fraction of sp³-hybridized carbons (Fsp3) is 0.333. The molecule has 2 saturated heterocycles. The largest absolute Gasteiger partial charge is 0.335 e. The summed E-state index contributed by atoms with van der Waals surface area (Å²) in [6.07, 6.45) is 8.70. The molecule has 0 amide bonds. The Labute approximate surface area is 216 Å².